The van der Waals surface area contributed by atoms with E-state index in [0.717, 1.165) is 5.56 Å². The highest BCUT2D eigenvalue weighted by molar-refractivity contribution is 8.13. The fourth-order valence-corrected chi connectivity index (χ4v) is 2.03. The molecule has 1 aromatic heterocycles. The second kappa shape index (κ2) is 3.03. The van der Waals surface area contributed by atoms with Crippen LogP contribution in [0.15, 0.2) is 17.3 Å². The first-order valence-electron chi connectivity index (χ1n) is 3.29. The van der Waals surface area contributed by atoms with E-state index in [9.17, 15) is 8.42 Å². The van der Waals surface area contributed by atoms with Gasteiger partial charge in [0.2, 0.25) is 0 Å². The molecule has 0 N–H and O–H groups in total. The summed E-state index contributed by atoms with van der Waals surface area (Å²) in [5.41, 5.74) is 1.47. The lowest BCUT2D eigenvalue weighted by atomic mass is 10.2. The Labute approximate surface area is 75.8 Å². The minimum atomic E-state index is -3.65. The van der Waals surface area contributed by atoms with Crippen molar-refractivity contribution in [2.45, 2.75) is 18.7 Å². The maximum Gasteiger partial charge on any atom is 0.263 e. The van der Waals surface area contributed by atoms with E-state index in [1.807, 2.05) is 0 Å². The summed E-state index contributed by atoms with van der Waals surface area (Å²) in [6.07, 6.45) is 2.85. The number of nitrogens with zero attached hydrogens (tertiary/aromatic N) is 1. The Kier molecular flexibility index (Phi) is 2.39. The van der Waals surface area contributed by atoms with Gasteiger partial charge in [-0.15, -0.1) is 0 Å². The summed E-state index contributed by atoms with van der Waals surface area (Å²) in [5.74, 6) is 0. The summed E-state index contributed by atoms with van der Waals surface area (Å²) < 4.78 is 21.9. The molecular formula is C7H8ClNO2S. The van der Waals surface area contributed by atoms with Crippen LogP contribution in [0.1, 0.15) is 11.1 Å². The zero-order valence-electron chi connectivity index (χ0n) is 6.70. The zero-order valence-corrected chi connectivity index (χ0v) is 8.28. The van der Waals surface area contributed by atoms with Crippen LogP contribution in [0.25, 0.3) is 0 Å². The van der Waals surface area contributed by atoms with Gasteiger partial charge in [-0.3, -0.25) is 4.98 Å². The van der Waals surface area contributed by atoms with E-state index in [4.69, 9.17) is 10.7 Å². The molecule has 0 aromatic carbocycles. The van der Waals surface area contributed by atoms with Crippen molar-refractivity contribution in [3.8, 4) is 0 Å². The first-order chi connectivity index (χ1) is 5.43. The van der Waals surface area contributed by atoms with Crippen LogP contribution in [0.3, 0.4) is 0 Å². The Hall–Kier alpha value is -0.610. The van der Waals surface area contributed by atoms with Crippen molar-refractivity contribution in [1.82, 2.24) is 4.98 Å². The van der Waals surface area contributed by atoms with E-state index in [2.05, 4.69) is 4.98 Å². The number of halogens is 1. The Balaban J connectivity index is 3.47. The second-order valence-corrected chi connectivity index (χ2v) is 5.05. The van der Waals surface area contributed by atoms with Crippen LogP contribution in [0.2, 0.25) is 0 Å². The number of pyridine rings is 1. The number of hydrogen-bond acceptors (Lipinski definition) is 3. The smallest absolute Gasteiger partial charge is 0.263 e. The van der Waals surface area contributed by atoms with E-state index in [1.54, 1.807) is 20.0 Å². The number of aryl methyl sites for hydroxylation is 1. The van der Waals surface area contributed by atoms with Crippen molar-refractivity contribution in [3.63, 3.8) is 0 Å². The molecule has 0 amide bonds. The van der Waals surface area contributed by atoms with Gasteiger partial charge in [0.15, 0.2) is 0 Å². The third kappa shape index (κ3) is 1.76. The van der Waals surface area contributed by atoms with Crippen LogP contribution in [-0.2, 0) is 9.05 Å². The molecule has 1 rings (SSSR count). The van der Waals surface area contributed by atoms with E-state index in [-0.39, 0.29) is 4.90 Å². The largest absolute Gasteiger partial charge is 0.263 e. The van der Waals surface area contributed by atoms with Gasteiger partial charge in [-0.25, -0.2) is 8.42 Å². The lowest BCUT2D eigenvalue weighted by molar-refractivity contribution is 0.608. The molecule has 0 aliphatic heterocycles. The third-order valence-corrected chi connectivity index (χ3v) is 3.12. The lowest BCUT2D eigenvalue weighted by Crippen LogP contribution is -1.97. The van der Waals surface area contributed by atoms with Gasteiger partial charge in [0, 0.05) is 23.1 Å². The molecule has 5 heteroatoms. The molecule has 0 saturated carbocycles. The molecule has 3 nitrogen and oxygen atoms in total. The normalized spacial score (nSPS) is 11.6. The Bertz CT molecular complexity index is 400. The van der Waals surface area contributed by atoms with Crippen LogP contribution >= 0.6 is 10.7 Å². The average molecular weight is 206 g/mol. The molecule has 0 radical (unpaired) electrons. The molecule has 0 bridgehead atoms. The number of hydrogen-bond donors (Lipinski definition) is 0. The molecule has 0 atom stereocenters. The first-order valence-corrected chi connectivity index (χ1v) is 5.59. The van der Waals surface area contributed by atoms with E-state index in [0.29, 0.717) is 5.56 Å². The van der Waals surface area contributed by atoms with Gasteiger partial charge in [-0.2, -0.15) is 0 Å². The Morgan fingerprint density at radius 1 is 1.33 bits per heavy atom. The Morgan fingerprint density at radius 3 is 2.33 bits per heavy atom. The molecule has 66 valence electrons. The number of aromatic nitrogens is 1. The highest BCUT2D eigenvalue weighted by Crippen LogP contribution is 2.19. The van der Waals surface area contributed by atoms with Crippen molar-refractivity contribution in [2.24, 2.45) is 0 Å². The molecule has 0 aliphatic carbocycles. The van der Waals surface area contributed by atoms with Crippen LogP contribution < -0.4 is 0 Å². The number of rotatable bonds is 1. The standard InChI is InChI=1S/C7H8ClNO2S/c1-5-3-9-4-7(6(5)2)12(8,10)11/h3-4H,1-2H3. The average Bonchev–Trinajstić information content (AvgIpc) is 1.92. The van der Waals surface area contributed by atoms with E-state index >= 15 is 0 Å². The summed E-state index contributed by atoms with van der Waals surface area (Å²) >= 11 is 0. The first kappa shape index (κ1) is 9.48. The van der Waals surface area contributed by atoms with Gasteiger partial charge < -0.3 is 0 Å². The fourth-order valence-electron chi connectivity index (χ4n) is 0.851. The van der Waals surface area contributed by atoms with Gasteiger partial charge >= 0.3 is 0 Å². The van der Waals surface area contributed by atoms with Crippen LogP contribution in [0.5, 0.6) is 0 Å². The van der Waals surface area contributed by atoms with Crippen molar-refractivity contribution >= 4 is 19.7 Å². The van der Waals surface area contributed by atoms with Crippen molar-refractivity contribution in [1.29, 1.82) is 0 Å². The highest BCUT2D eigenvalue weighted by atomic mass is 35.7. The minimum Gasteiger partial charge on any atom is -0.263 e. The molecule has 0 spiro atoms. The molecule has 0 saturated heterocycles. The minimum absolute atomic E-state index is 0.0872. The Morgan fingerprint density at radius 2 is 1.92 bits per heavy atom. The van der Waals surface area contributed by atoms with Crippen molar-refractivity contribution in [2.75, 3.05) is 0 Å². The van der Waals surface area contributed by atoms with Crippen LogP contribution in [0.4, 0.5) is 0 Å². The summed E-state index contributed by atoms with van der Waals surface area (Å²) in [6, 6.07) is 0. The van der Waals surface area contributed by atoms with Gasteiger partial charge in [0.1, 0.15) is 4.90 Å². The van der Waals surface area contributed by atoms with Crippen molar-refractivity contribution in [3.05, 3.63) is 23.5 Å². The molecular weight excluding hydrogens is 198 g/mol. The molecule has 12 heavy (non-hydrogen) atoms. The van der Waals surface area contributed by atoms with Gasteiger partial charge in [0.25, 0.3) is 9.05 Å². The van der Waals surface area contributed by atoms with Crippen LogP contribution in [-0.4, -0.2) is 13.4 Å². The maximum atomic E-state index is 10.9. The van der Waals surface area contributed by atoms with Gasteiger partial charge in [-0.05, 0) is 25.0 Å². The predicted molar refractivity (Wildman–Crippen MR) is 46.7 cm³/mol. The lowest BCUT2D eigenvalue weighted by Gasteiger charge is -2.02. The van der Waals surface area contributed by atoms with E-state index < -0.39 is 9.05 Å². The van der Waals surface area contributed by atoms with Crippen LogP contribution in [0, 0.1) is 13.8 Å². The van der Waals surface area contributed by atoms with Gasteiger partial charge in [-0.1, -0.05) is 0 Å². The molecule has 0 unspecified atom stereocenters. The maximum absolute atomic E-state index is 10.9. The molecule has 0 aliphatic rings. The summed E-state index contributed by atoms with van der Waals surface area (Å²) in [5, 5.41) is 0. The molecule has 0 fully saturated rings. The van der Waals surface area contributed by atoms with Crippen molar-refractivity contribution < 1.29 is 8.42 Å². The zero-order chi connectivity index (χ0) is 9.35. The quantitative estimate of drug-likeness (QED) is 0.655. The van der Waals surface area contributed by atoms with Gasteiger partial charge in [0.05, 0.1) is 0 Å². The molecule has 1 heterocycles. The topological polar surface area (TPSA) is 47.0 Å². The summed E-state index contributed by atoms with van der Waals surface area (Å²) in [4.78, 5) is 3.84. The third-order valence-electron chi connectivity index (χ3n) is 1.68. The van der Waals surface area contributed by atoms with E-state index in [1.165, 1.54) is 6.20 Å². The molecule has 1 aromatic rings. The highest BCUT2D eigenvalue weighted by Gasteiger charge is 2.14. The summed E-state index contributed by atoms with van der Waals surface area (Å²) in [6.45, 7) is 3.49. The summed E-state index contributed by atoms with van der Waals surface area (Å²) in [7, 11) is 1.52. The fraction of sp³-hybridized carbons (Fsp3) is 0.286. The monoisotopic (exact) mass is 205 g/mol. The predicted octanol–water partition coefficient (Wildman–Crippen LogP) is 1.63. The SMILES string of the molecule is Cc1cncc(S(=O)(=O)Cl)c1C. The second-order valence-electron chi connectivity index (χ2n) is 2.52.